The molecule has 0 unspecified atom stereocenters. The molecule has 22 heavy (non-hydrogen) atoms. The molecule has 0 saturated carbocycles. The molecule has 3 heterocycles. The van der Waals surface area contributed by atoms with Crippen LogP contribution in [0.25, 0.3) is 5.82 Å². The van der Waals surface area contributed by atoms with Crippen molar-refractivity contribution in [3.63, 3.8) is 0 Å². The fourth-order valence-corrected chi connectivity index (χ4v) is 3.20. The summed E-state index contributed by atoms with van der Waals surface area (Å²) in [6, 6.07) is 2.14. The summed E-state index contributed by atoms with van der Waals surface area (Å²) in [5, 5.41) is 4.52. The van der Waals surface area contributed by atoms with E-state index in [0.717, 1.165) is 42.9 Å². The molecular weight excluding hydrogens is 276 g/mol. The molecule has 5 heteroatoms. The molecule has 0 aromatic carbocycles. The number of hydrogen-bond acceptors (Lipinski definition) is 3. The van der Waals surface area contributed by atoms with Crippen LogP contribution in [0.4, 0.5) is 0 Å². The zero-order chi connectivity index (χ0) is 16.1. The van der Waals surface area contributed by atoms with Crippen molar-refractivity contribution in [3.05, 3.63) is 39.2 Å². The summed E-state index contributed by atoms with van der Waals surface area (Å²) < 4.78 is 3.27. The van der Waals surface area contributed by atoms with E-state index in [2.05, 4.69) is 31.9 Å². The van der Waals surface area contributed by atoms with E-state index in [4.69, 9.17) is 4.98 Å². The van der Waals surface area contributed by atoms with Crippen LogP contribution in [-0.4, -0.2) is 19.3 Å². The summed E-state index contributed by atoms with van der Waals surface area (Å²) in [6.45, 7) is 11.3. The van der Waals surface area contributed by atoms with Crippen molar-refractivity contribution in [3.8, 4) is 5.82 Å². The molecule has 0 N–H and O–H groups in total. The van der Waals surface area contributed by atoms with Crippen LogP contribution in [0.2, 0.25) is 0 Å². The third kappa shape index (κ3) is 2.38. The van der Waals surface area contributed by atoms with Gasteiger partial charge in [0.05, 0.1) is 0 Å². The monoisotopic (exact) mass is 300 g/mol. The fraction of sp³-hybridized carbons (Fsp3) is 0.588. The van der Waals surface area contributed by atoms with Gasteiger partial charge < -0.3 is 0 Å². The van der Waals surface area contributed by atoms with Crippen molar-refractivity contribution in [2.24, 2.45) is 0 Å². The van der Waals surface area contributed by atoms with Gasteiger partial charge in [0.25, 0.3) is 0 Å². The van der Waals surface area contributed by atoms with Gasteiger partial charge in [0.2, 0.25) is 0 Å². The molecule has 0 aliphatic carbocycles. The van der Waals surface area contributed by atoms with Crippen LogP contribution in [0, 0.1) is 13.8 Å². The van der Waals surface area contributed by atoms with Crippen molar-refractivity contribution in [1.29, 1.82) is 0 Å². The normalized spacial score (nSPS) is 15.0. The molecule has 3 rings (SSSR count). The highest BCUT2D eigenvalue weighted by molar-refractivity contribution is 5.40. The molecule has 0 amide bonds. The smallest absolute Gasteiger partial charge is 0.279 e. The van der Waals surface area contributed by atoms with E-state index in [-0.39, 0.29) is 11.1 Å². The molecule has 0 bridgehead atoms. The van der Waals surface area contributed by atoms with Crippen molar-refractivity contribution >= 4 is 0 Å². The summed E-state index contributed by atoms with van der Waals surface area (Å²) in [6.07, 6.45) is 3.03. The molecule has 1 aliphatic heterocycles. The van der Waals surface area contributed by atoms with E-state index in [1.165, 1.54) is 10.2 Å². The molecule has 0 spiro atoms. The summed E-state index contributed by atoms with van der Waals surface area (Å²) in [5.74, 6) is 1.55. The van der Waals surface area contributed by atoms with E-state index in [9.17, 15) is 4.79 Å². The number of fused-ring (bicyclic) bond motifs is 1. The second-order valence-corrected chi connectivity index (χ2v) is 7.23. The van der Waals surface area contributed by atoms with Gasteiger partial charge in [0.15, 0.2) is 5.82 Å². The lowest BCUT2D eigenvalue weighted by Crippen LogP contribution is -2.27. The molecule has 1 aliphatic rings. The number of rotatable bonds is 1. The Morgan fingerprint density at radius 1 is 1.18 bits per heavy atom. The Bertz CT molecular complexity index is 777. The van der Waals surface area contributed by atoms with Crippen LogP contribution in [0.3, 0.4) is 0 Å². The maximum Gasteiger partial charge on any atom is 0.352 e. The van der Waals surface area contributed by atoms with Crippen LogP contribution >= 0.6 is 0 Å². The molecule has 118 valence electrons. The van der Waals surface area contributed by atoms with E-state index in [0.29, 0.717) is 5.82 Å². The minimum absolute atomic E-state index is 0.0404. The average molecular weight is 300 g/mol. The van der Waals surface area contributed by atoms with Crippen molar-refractivity contribution < 1.29 is 0 Å². The van der Waals surface area contributed by atoms with Crippen molar-refractivity contribution in [2.45, 2.75) is 65.8 Å². The van der Waals surface area contributed by atoms with Crippen LogP contribution in [0.1, 0.15) is 56.3 Å². The number of nitrogens with zero attached hydrogens (tertiary/aromatic N) is 4. The Labute approximate surface area is 131 Å². The summed E-state index contributed by atoms with van der Waals surface area (Å²) >= 11 is 0. The average Bonchev–Trinajstić information content (AvgIpc) is 2.77. The van der Waals surface area contributed by atoms with E-state index in [1.54, 1.807) is 4.57 Å². The van der Waals surface area contributed by atoms with Crippen LogP contribution in [0.5, 0.6) is 0 Å². The lowest BCUT2D eigenvalue weighted by molar-refractivity contribution is 0.512. The number of aromatic nitrogens is 4. The quantitative estimate of drug-likeness (QED) is 0.813. The predicted molar refractivity (Wildman–Crippen MR) is 86.7 cm³/mol. The topological polar surface area (TPSA) is 52.7 Å². The van der Waals surface area contributed by atoms with Crippen LogP contribution < -0.4 is 5.69 Å². The van der Waals surface area contributed by atoms with Gasteiger partial charge in [-0.2, -0.15) is 4.68 Å². The van der Waals surface area contributed by atoms with Gasteiger partial charge in [0, 0.05) is 18.7 Å². The molecule has 2 aromatic rings. The predicted octanol–water partition coefficient (Wildman–Crippen LogP) is 2.68. The minimum Gasteiger partial charge on any atom is -0.279 e. The molecule has 0 fully saturated rings. The molecular formula is C17H24N4O. The Kier molecular flexibility index (Phi) is 3.46. The third-order valence-corrected chi connectivity index (χ3v) is 4.36. The number of pyridine rings is 1. The summed E-state index contributed by atoms with van der Waals surface area (Å²) in [4.78, 5) is 17.3. The molecule has 2 aromatic heterocycles. The molecule has 0 atom stereocenters. The lowest BCUT2D eigenvalue weighted by atomic mass is 9.85. The maximum absolute atomic E-state index is 12.6. The highest BCUT2D eigenvalue weighted by Gasteiger charge is 2.22. The highest BCUT2D eigenvalue weighted by atomic mass is 16.2. The van der Waals surface area contributed by atoms with Crippen molar-refractivity contribution in [2.75, 3.05) is 0 Å². The second-order valence-electron chi connectivity index (χ2n) is 7.23. The fourth-order valence-electron chi connectivity index (χ4n) is 3.20. The Morgan fingerprint density at radius 3 is 2.55 bits per heavy atom. The van der Waals surface area contributed by atoms with E-state index < -0.39 is 0 Å². The standard InChI is InChI=1S/C17H24N4O/c1-11-10-13(17(3,4)5)12(2)18-15(11)21-16(22)20-9-7-6-8-14(20)19-21/h10H,6-9H2,1-5H3. The van der Waals surface area contributed by atoms with Crippen LogP contribution in [-0.2, 0) is 18.4 Å². The SMILES string of the molecule is Cc1cc(C(C)(C)C)c(C)nc1-n1nc2n(c1=O)CCCC2. The van der Waals surface area contributed by atoms with E-state index >= 15 is 0 Å². The summed E-state index contributed by atoms with van der Waals surface area (Å²) in [7, 11) is 0. The molecule has 0 saturated heterocycles. The molecule has 5 nitrogen and oxygen atoms in total. The van der Waals surface area contributed by atoms with Gasteiger partial charge in [-0.05, 0) is 49.3 Å². The first-order valence-electron chi connectivity index (χ1n) is 7.97. The number of aryl methyl sites for hydroxylation is 3. The van der Waals surface area contributed by atoms with Gasteiger partial charge in [-0.3, -0.25) is 4.57 Å². The first-order valence-corrected chi connectivity index (χ1v) is 7.97. The Morgan fingerprint density at radius 2 is 1.91 bits per heavy atom. The Balaban J connectivity index is 2.16. The molecule has 0 radical (unpaired) electrons. The minimum atomic E-state index is -0.0618. The van der Waals surface area contributed by atoms with Gasteiger partial charge in [-0.15, -0.1) is 5.10 Å². The number of hydrogen-bond donors (Lipinski definition) is 0. The first kappa shape index (κ1) is 15.0. The van der Waals surface area contributed by atoms with Gasteiger partial charge >= 0.3 is 5.69 Å². The lowest BCUT2D eigenvalue weighted by Gasteiger charge is -2.22. The summed E-state index contributed by atoms with van der Waals surface area (Å²) in [5.41, 5.74) is 3.15. The zero-order valence-electron chi connectivity index (χ0n) is 14.1. The van der Waals surface area contributed by atoms with Gasteiger partial charge in [-0.1, -0.05) is 20.8 Å². The second kappa shape index (κ2) is 5.07. The largest absolute Gasteiger partial charge is 0.352 e. The van der Waals surface area contributed by atoms with Gasteiger partial charge in [-0.25, -0.2) is 9.78 Å². The zero-order valence-corrected chi connectivity index (χ0v) is 14.1. The highest BCUT2D eigenvalue weighted by Crippen LogP contribution is 2.27. The Hall–Kier alpha value is -1.91. The van der Waals surface area contributed by atoms with Gasteiger partial charge in [0.1, 0.15) is 5.82 Å². The van der Waals surface area contributed by atoms with E-state index in [1.807, 2.05) is 13.8 Å². The van der Waals surface area contributed by atoms with Crippen LogP contribution in [0.15, 0.2) is 10.9 Å². The maximum atomic E-state index is 12.6. The first-order chi connectivity index (χ1) is 10.3. The third-order valence-electron chi connectivity index (χ3n) is 4.36. The van der Waals surface area contributed by atoms with Crippen molar-refractivity contribution in [1.82, 2.24) is 19.3 Å².